The van der Waals surface area contributed by atoms with Gasteiger partial charge in [0.1, 0.15) is 13.2 Å². The Morgan fingerprint density at radius 3 is 2.03 bits per heavy atom. The molecule has 1 aromatic rings. The second kappa shape index (κ2) is 12.7. The summed E-state index contributed by atoms with van der Waals surface area (Å²) in [6.45, 7) is 5.49. The van der Waals surface area contributed by atoms with E-state index < -0.39 is 28.0 Å². The van der Waals surface area contributed by atoms with Crippen LogP contribution < -0.4 is 4.72 Å². The van der Waals surface area contributed by atoms with Crippen LogP contribution in [0.4, 0.5) is 0 Å². The predicted octanol–water partition coefficient (Wildman–Crippen LogP) is 2.92. The average Bonchev–Trinajstić information content (AvgIpc) is 2.76. The fourth-order valence-corrected chi connectivity index (χ4v) is 4.52. The molecule has 0 radical (unpaired) electrons. The van der Waals surface area contributed by atoms with Crippen LogP contribution >= 0.6 is 0 Å². The van der Waals surface area contributed by atoms with Crippen molar-refractivity contribution in [2.45, 2.75) is 50.7 Å². The van der Waals surface area contributed by atoms with Crippen LogP contribution in [0.25, 0.3) is 0 Å². The average molecular weight is 480 g/mol. The summed E-state index contributed by atoms with van der Waals surface area (Å²) in [6.07, 6.45) is 6.53. The molecule has 0 aliphatic carbocycles. The van der Waals surface area contributed by atoms with Crippen LogP contribution in [0.1, 0.15) is 32.3 Å². The van der Waals surface area contributed by atoms with Gasteiger partial charge in [-0.3, -0.25) is 9.59 Å². The third-order valence-corrected chi connectivity index (χ3v) is 6.95. The Morgan fingerprint density at radius 2 is 1.45 bits per heavy atom. The van der Waals surface area contributed by atoms with E-state index in [4.69, 9.17) is 14.2 Å². The lowest BCUT2D eigenvalue weighted by atomic mass is 10.0. The molecule has 0 saturated heterocycles. The smallest absolute Gasteiger partial charge is 0.309 e. The molecule has 1 N–H and O–H groups in total. The minimum atomic E-state index is -3.84. The Morgan fingerprint density at radius 1 is 0.909 bits per heavy atom. The van der Waals surface area contributed by atoms with Crippen molar-refractivity contribution in [3.63, 3.8) is 0 Å². The molecule has 1 aliphatic rings. The number of benzene rings is 1. The fourth-order valence-electron chi connectivity index (χ4n) is 3.20. The molecule has 9 heteroatoms. The monoisotopic (exact) mass is 479 g/mol. The summed E-state index contributed by atoms with van der Waals surface area (Å²) in [5.74, 6) is -1.33. The number of methoxy groups -OCH3 is 1. The number of hydrogen-bond donors (Lipinski definition) is 1. The second-order valence-corrected chi connectivity index (χ2v) is 9.88. The highest BCUT2D eigenvalue weighted by Crippen LogP contribution is 2.16. The minimum Gasteiger partial charge on any atom is -0.464 e. The van der Waals surface area contributed by atoms with Crippen LogP contribution in [-0.2, 0) is 33.8 Å². The van der Waals surface area contributed by atoms with Crippen molar-refractivity contribution in [2.24, 2.45) is 11.8 Å². The zero-order valence-electron chi connectivity index (χ0n) is 19.5. The lowest BCUT2D eigenvalue weighted by molar-refractivity contribution is -0.147. The molecule has 0 spiro atoms. The second-order valence-electron chi connectivity index (χ2n) is 8.16. The Hall–Kier alpha value is -2.49. The van der Waals surface area contributed by atoms with Crippen molar-refractivity contribution in [3.05, 3.63) is 54.1 Å². The van der Waals surface area contributed by atoms with Gasteiger partial charge in [0.15, 0.2) is 0 Å². The molecule has 0 saturated carbocycles. The first-order chi connectivity index (χ1) is 15.6. The van der Waals surface area contributed by atoms with E-state index in [1.54, 1.807) is 43.4 Å². The Balaban J connectivity index is 2.20. The van der Waals surface area contributed by atoms with Crippen LogP contribution in [0.15, 0.2) is 53.5 Å². The van der Waals surface area contributed by atoms with Crippen molar-refractivity contribution < 1.29 is 32.2 Å². The summed E-state index contributed by atoms with van der Waals surface area (Å²) in [6, 6.07) is 5.75. The topological polar surface area (TPSA) is 108 Å². The Labute approximate surface area is 196 Å². The summed E-state index contributed by atoms with van der Waals surface area (Å²) in [5.41, 5.74) is 0.940. The first-order valence-electron chi connectivity index (χ1n) is 10.9. The maximum atomic E-state index is 12.9. The van der Waals surface area contributed by atoms with Crippen molar-refractivity contribution >= 4 is 22.0 Å². The van der Waals surface area contributed by atoms with E-state index in [0.717, 1.165) is 5.56 Å². The van der Waals surface area contributed by atoms with E-state index in [2.05, 4.69) is 4.72 Å². The van der Waals surface area contributed by atoms with Gasteiger partial charge in [-0.05, 0) is 25.0 Å². The number of sulfonamides is 1. The van der Waals surface area contributed by atoms with Gasteiger partial charge < -0.3 is 14.2 Å². The van der Waals surface area contributed by atoms with Crippen LogP contribution in [0, 0.1) is 18.8 Å². The van der Waals surface area contributed by atoms with Gasteiger partial charge in [0.05, 0.1) is 29.9 Å². The van der Waals surface area contributed by atoms with E-state index >= 15 is 0 Å². The quantitative estimate of drug-likeness (QED) is 0.522. The van der Waals surface area contributed by atoms with Gasteiger partial charge >= 0.3 is 11.9 Å². The molecule has 0 fully saturated rings. The number of ether oxygens (including phenoxy) is 3. The third kappa shape index (κ3) is 8.75. The number of aryl methyl sites for hydroxylation is 1. The van der Waals surface area contributed by atoms with Gasteiger partial charge in [0.2, 0.25) is 10.0 Å². The molecule has 0 aromatic heterocycles. The van der Waals surface area contributed by atoms with E-state index in [1.807, 2.05) is 13.8 Å². The molecular formula is C24H33NO7S. The molecule has 8 nitrogen and oxygen atoms in total. The Kier molecular flexibility index (Phi) is 10.3. The van der Waals surface area contributed by atoms with Crippen molar-refractivity contribution in [2.75, 3.05) is 20.3 Å². The normalized spacial score (nSPS) is 27.9. The first-order valence-corrected chi connectivity index (χ1v) is 12.4. The molecule has 0 bridgehead atoms. The van der Waals surface area contributed by atoms with Crippen molar-refractivity contribution in [1.82, 2.24) is 4.72 Å². The van der Waals surface area contributed by atoms with Crippen molar-refractivity contribution in [1.29, 1.82) is 0 Å². The van der Waals surface area contributed by atoms with Gasteiger partial charge in [-0.25, -0.2) is 13.1 Å². The SMILES string of the molecule is CO[C@@H]1COC(=O)C/C=C/[C@H](C)[C@@H](NS(=O)(=O)c2ccc(C)cc2)COC(=O)C/C=C/[C@@H]1C. The highest BCUT2D eigenvalue weighted by molar-refractivity contribution is 7.89. The Bertz CT molecular complexity index is 954. The maximum absolute atomic E-state index is 12.9. The van der Waals surface area contributed by atoms with Gasteiger partial charge in [0.25, 0.3) is 0 Å². The van der Waals surface area contributed by atoms with Crippen LogP contribution in [0.5, 0.6) is 0 Å². The summed E-state index contributed by atoms with van der Waals surface area (Å²) in [4.78, 5) is 24.4. The molecule has 0 unspecified atom stereocenters. The lowest BCUT2D eigenvalue weighted by Crippen LogP contribution is -2.42. The molecule has 1 aliphatic heterocycles. The highest BCUT2D eigenvalue weighted by atomic mass is 32.2. The first kappa shape index (κ1) is 26.8. The number of hydrogen-bond acceptors (Lipinski definition) is 7. The van der Waals surface area contributed by atoms with Gasteiger partial charge in [-0.15, -0.1) is 0 Å². The van der Waals surface area contributed by atoms with E-state index in [9.17, 15) is 18.0 Å². The fraction of sp³-hybridized carbons (Fsp3) is 0.500. The molecule has 1 aromatic carbocycles. The number of cyclic esters (lactones) is 2. The summed E-state index contributed by atoms with van der Waals surface area (Å²) in [7, 11) is -2.30. The molecule has 1 heterocycles. The van der Waals surface area contributed by atoms with Gasteiger partial charge in [0, 0.05) is 13.0 Å². The zero-order valence-corrected chi connectivity index (χ0v) is 20.3. The summed E-state index contributed by atoms with van der Waals surface area (Å²) < 4.78 is 44.4. The van der Waals surface area contributed by atoms with Gasteiger partial charge in [-0.1, -0.05) is 55.8 Å². The molecule has 4 atom stereocenters. The van der Waals surface area contributed by atoms with E-state index in [1.165, 1.54) is 19.2 Å². The summed E-state index contributed by atoms with van der Waals surface area (Å²) in [5, 5.41) is 0. The third-order valence-electron chi connectivity index (χ3n) is 5.44. The predicted molar refractivity (Wildman–Crippen MR) is 124 cm³/mol. The minimum absolute atomic E-state index is 0.0300. The number of carbonyl (C=O) groups is 2. The van der Waals surface area contributed by atoms with E-state index in [-0.39, 0.29) is 48.9 Å². The molecular weight excluding hydrogens is 446 g/mol. The number of rotatable bonds is 4. The van der Waals surface area contributed by atoms with Crippen LogP contribution in [0.2, 0.25) is 0 Å². The lowest BCUT2D eigenvalue weighted by Gasteiger charge is -2.23. The van der Waals surface area contributed by atoms with Crippen LogP contribution in [-0.4, -0.2) is 52.8 Å². The maximum Gasteiger partial charge on any atom is 0.309 e. The van der Waals surface area contributed by atoms with Gasteiger partial charge in [-0.2, -0.15) is 0 Å². The highest BCUT2D eigenvalue weighted by Gasteiger charge is 2.25. The van der Waals surface area contributed by atoms with Crippen LogP contribution in [0.3, 0.4) is 0 Å². The standard InChI is InChI=1S/C24H33NO7S/c1-17-11-13-20(14-12-17)33(28,29)25-21-15-31-23(26)10-6-8-19(3)22(30-4)16-32-24(27)9-5-7-18(21)2/h5-8,11-14,18-19,21-22,25H,9-10,15-16H2,1-4H3/b7-5+,8-6+/t18-,19-,21-,22+/m0/s1. The molecule has 182 valence electrons. The number of nitrogens with one attached hydrogen (secondary N) is 1. The number of carbonyl (C=O) groups excluding carboxylic acids is 2. The molecule has 0 amide bonds. The number of esters is 2. The molecule has 2 rings (SSSR count). The zero-order chi connectivity index (χ0) is 24.4. The molecule has 33 heavy (non-hydrogen) atoms. The largest absolute Gasteiger partial charge is 0.464 e. The van der Waals surface area contributed by atoms with Crippen molar-refractivity contribution in [3.8, 4) is 0 Å². The van der Waals surface area contributed by atoms with E-state index in [0.29, 0.717) is 0 Å². The summed E-state index contributed by atoms with van der Waals surface area (Å²) >= 11 is 0.